The molecule has 1 aromatic carbocycles. The molecule has 1 aliphatic rings. The van der Waals surface area contributed by atoms with Crippen molar-refractivity contribution in [2.24, 2.45) is 11.8 Å². The minimum atomic E-state index is -0.258. The van der Waals surface area contributed by atoms with Gasteiger partial charge in [-0.05, 0) is 61.8 Å². The van der Waals surface area contributed by atoms with Crippen molar-refractivity contribution in [2.45, 2.75) is 52.0 Å². The van der Waals surface area contributed by atoms with Gasteiger partial charge in [-0.1, -0.05) is 37.9 Å². The van der Waals surface area contributed by atoms with Gasteiger partial charge < -0.3 is 5.32 Å². The summed E-state index contributed by atoms with van der Waals surface area (Å²) < 4.78 is 13.1. The third-order valence-electron chi connectivity index (χ3n) is 4.42. The first-order valence-corrected chi connectivity index (χ1v) is 8.15. The van der Waals surface area contributed by atoms with Gasteiger partial charge in [0, 0.05) is 11.1 Å². The summed E-state index contributed by atoms with van der Waals surface area (Å²) in [5, 5.41) is 4.22. The smallest absolute Gasteiger partial charge is 0.124 e. The molecule has 0 aliphatic heterocycles. The predicted molar refractivity (Wildman–Crippen MR) is 83.7 cm³/mol. The highest BCUT2D eigenvalue weighted by molar-refractivity contribution is 6.31. The maximum Gasteiger partial charge on any atom is 0.124 e. The average molecular weight is 298 g/mol. The van der Waals surface area contributed by atoms with Crippen LogP contribution in [-0.4, -0.2) is 12.6 Å². The number of rotatable bonds is 6. The van der Waals surface area contributed by atoms with Gasteiger partial charge in [0.2, 0.25) is 0 Å². The van der Waals surface area contributed by atoms with Crippen LogP contribution in [0, 0.1) is 17.7 Å². The zero-order chi connectivity index (χ0) is 14.5. The van der Waals surface area contributed by atoms with Crippen molar-refractivity contribution in [3.63, 3.8) is 0 Å². The number of hydrogen-bond donors (Lipinski definition) is 1. The fourth-order valence-corrected chi connectivity index (χ4v) is 3.52. The van der Waals surface area contributed by atoms with Gasteiger partial charge in [-0.3, -0.25) is 0 Å². The molecule has 1 aliphatic carbocycles. The van der Waals surface area contributed by atoms with Crippen LogP contribution in [-0.2, 0) is 6.42 Å². The maximum absolute atomic E-state index is 13.1. The van der Waals surface area contributed by atoms with Crippen molar-refractivity contribution in [1.29, 1.82) is 0 Å². The summed E-state index contributed by atoms with van der Waals surface area (Å²) in [6.07, 6.45) is 5.94. The second-order valence-corrected chi connectivity index (χ2v) is 6.59. The normalized spacial score (nSPS) is 24.0. The van der Waals surface area contributed by atoms with Crippen LogP contribution in [0.15, 0.2) is 18.2 Å². The highest BCUT2D eigenvalue weighted by Crippen LogP contribution is 2.34. The van der Waals surface area contributed by atoms with E-state index in [4.69, 9.17) is 11.6 Å². The van der Waals surface area contributed by atoms with Crippen LogP contribution in [0.5, 0.6) is 0 Å². The third-order valence-corrected chi connectivity index (χ3v) is 4.77. The van der Waals surface area contributed by atoms with Crippen LogP contribution < -0.4 is 5.32 Å². The standard InChI is InChI=1S/C17H25ClFN/c1-3-8-20-17(14-5-4-12(2)9-14)10-13-6-7-15(19)11-16(13)18/h6-7,11-12,14,17,20H,3-5,8-10H2,1-2H3. The molecular weight excluding hydrogens is 273 g/mol. The molecule has 0 radical (unpaired) electrons. The fourth-order valence-electron chi connectivity index (χ4n) is 3.28. The molecule has 3 atom stereocenters. The molecule has 1 aromatic rings. The minimum absolute atomic E-state index is 0.258. The Balaban J connectivity index is 2.06. The largest absolute Gasteiger partial charge is 0.313 e. The van der Waals surface area contributed by atoms with Crippen molar-refractivity contribution >= 4 is 11.6 Å². The third kappa shape index (κ3) is 4.20. The lowest BCUT2D eigenvalue weighted by atomic mass is 9.91. The van der Waals surface area contributed by atoms with Gasteiger partial charge >= 0.3 is 0 Å². The summed E-state index contributed by atoms with van der Waals surface area (Å²) in [7, 11) is 0. The Kier molecular flexibility index (Phi) is 5.86. The van der Waals surface area contributed by atoms with Gasteiger partial charge in [0.1, 0.15) is 5.82 Å². The van der Waals surface area contributed by atoms with Crippen molar-refractivity contribution in [3.8, 4) is 0 Å². The zero-order valence-electron chi connectivity index (χ0n) is 12.5. The van der Waals surface area contributed by atoms with Crippen LogP contribution in [0.4, 0.5) is 4.39 Å². The predicted octanol–water partition coefficient (Wildman–Crippen LogP) is 4.83. The van der Waals surface area contributed by atoms with E-state index in [0.717, 1.165) is 36.8 Å². The lowest BCUT2D eigenvalue weighted by Crippen LogP contribution is -2.37. The molecule has 0 bridgehead atoms. The quantitative estimate of drug-likeness (QED) is 0.793. The number of hydrogen-bond acceptors (Lipinski definition) is 1. The van der Waals surface area contributed by atoms with E-state index in [1.807, 2.05) is 6.07 Å². The lowest BCUT2D eigenvalue weighted by Gasteiger charge is -2.25. The summed E-state index contributed by atoms with van der Waals surface area (Å²) in [5.74, 6) is 1.29. The van der Waals surface area contributed by atoms with Gasteiger partial charge in [-0.25, -0.2) is 4.39 Å². The van der Waals surface area contributed by atoms with E-state index in [2.05, 4.69) is 19.2 Å². The van der Waals surface area contributed by atoms with Crippen LogP contribution >= 0.6 is 11.6 Å². The van der Waals surface area contributed by atoms with E-state index in [0.29, 0.717) is 11.1 Å². The Labute approximate surface area is 126 Å². The van der Waals surface area contributed by atoms with E-state index >= 15 is 0 Å². The first-order chi connectivity index (χ1) is 9.60. The van der Waals surface area contributed by atoms with E-state index in [1.54, 1.807) is 0 Å². The minimum Gasteiger partial charge on any atom is -0.313 e. The molecule has 0 spiro atoms. The summed E-state index contributed by atoms with van der Waals surface area (Å²) in [4.78, 5) is 0. The molecule has 0 amide bonds. The second kappa shape index (κ2) is 7.42. The summed E-state index contributed by atoms with van der Waals surface area (Å²) in [6.45, 7) is 5.56. The van der Waals surface area contributed by atoms with Gasteiger partial charge in [-0.2, -0.15) is 0 Å². The molecule has 0 heterocycles. The van der Waals surface area contributed by atoms with Gasteiger partial charge in [-0.15, -0.1) is 0 Å². The number of benzene rings is 1. The van der Waals surface area contributed by atoms with Crippen LogP contribution in [0.25, 0.3) is 0 Å². The fraction of sp³-hybridized carbons (Fsp3) is 0.647. The number of halogens is 2. The Hall–Kier alpha value is -0.600. The monoisotopic (exact) mass is 297 g/mol. The Morgan fingerprint density at radius 2 is 2.20 bits per heavy atom. The molecule has 112 valence electrons. The van der Waals surface area contributed by atoms with Crippen molar-refractivity contribution < 1.29 is 4.39 Å². The molecule has 3 heteroatoms. The van der Waals surface area contributed by atoms with E-state index in [9.17, 15) is 4.39 Å². The Bertz CT molecular complexity index is 435. The Morgan fingerprint density at radius 3 is 2.80 bits per heavy atom. The molecular formula is C17H25ClFN. The molecule has 1 N–H and O–H groups in total. The lowest BCUT2D eigenvalue weighted by molar-refractivity contribution is 0.348. The van der Waals surface area contributed by atoms with Crippen molar-refractivity contribution in [3.05, 3.63) is 34.6 Å². The average Bonchev–Trinajstić information content (AvgIpc) is 2.83. The molecule has 3 unspecified atom stereocenters. The van der Waals surface area contributed by atoms with Crippen molar-refractivity contribution in [1.82, 2.24) is 5.32 Å². The van der Waals surface area contributed by atoms with E-state index in [1.165, 1.54) is 31.4 Å². The maximum atomic E-state index is 13.1. The first kappa shape index (κ1) is 15.8. The van der Waals surface area contributed by atoms with Gasteiger partial charge in [0.15, 0.2) is 0 Å². The molecule has 1 nitrogen and oxygen atoms in total. The van der Waals surface area contributed by atoms with E-state index in [-0.39, 0.29) is 5.82 Å². The van der Waals surface area contributed by atoms with Gasteiger partial charge in [0.05, 0.1) is 0 Å². The molecule has 1 saturated carbocycles. The van der Waals surface area contributed by atoms with Crippen LogP contribution in [0.2, 0.25) is 5.02 Å². The molecule has 1 fully saturated rings. The molecule has 2 rings (SSSR count). The second-order valence-electron chi connectivity index (χ2n) is 6.18. The van der Waals surface area contributed by atoms with Gasteiger partial charge in [0.25, 0.3) is 0 Å². The molecule has 0 aromatic heterocycles. The molecule has 0 saturated heterocycles. The van der Waals surface area contributed by atoms with Crippen LogP contribution in [0.3, 0.4) is 0 Å². The zero-order valence-corrected chi connectivity index (χ0v) is 13.2. The SMILES string of the molecule is CCCNC(Cc1ccc(F)cc1Cl)C1CCC(C)C1. The Morgan fingerprint density at radius 1 is 1.40 bits per heavy atom. The van der Waals surface area contributed by atoms with Crippen LogP contribution in [0.1, 0.15) is 45.1 Å². The number of nitrogens with one attached hydrogen (secondary N) is 1. The van der Waals surface area contributed by atoms with Crippen molar-refractivity contribution in [2.75, 3.05) is 6.54 Å². The summed E-state index contributed by atoms with van der Waals surface area (Å²) >= 11 is 6.18. The molecule has 20 heavy (non-hydrogen) atoms. The topological polar surface area (TPSA) is 12.0 Å². The summed E-state index contributed by atoms with van der Waals surface area (Å²) in [6, 6.07) is 5.22. The van der Waals surface area contributed by atoms with E-state index < -0.39 is 0 Å². The summed E-state index contributed by atoms with van der Waals surface area (Å²) in [5.41, 5.74) is 1.06. The first-order valence-electron chi connectivity index (χ1n) is 7.77. The highest BCUT2D eigenvalue weighted by atomic mass is 35.5. The highest BCUT2D eigenvalue weighted by Gasteiger charge is 2.28.